The van der Waals surface area contributed by atoms with Crippen molar-refractivity contribution in [2.45, 2.75) is 12.5 Å². The Morgan fingerprint density at radius 2 is 2.06 bits per heavy atom. The van der Waals surface area contributed by atoms with Crippen LogP contribution in [-0.2, 0) is 6.42 Å². The summed E-state index contributed by atoms with van der Waals surface area (Å²) < 4.78 is 0. The van der Waals surface area contributed by atoms with Crippen LogP contribution in [0, 0.1) is 0 Å². The monoisotopic (exact) mass is 258 g/mol. The molecule has 1 aliphatic rings. The highest BCUT2D eigenvalue weighted by atomic mass is 35.5. The van der Waals surface area contributed by atoms with Crippen molar-refractivity contribution in [3.05, 3.63) is 58.6 Å². The molecule has 0 radical (unpaired) electrons. The first-order valence-corrected chi connectivity index (χ1v) is 6.47. The molecule has 2 aromatic rings. The van der Waals surface area contributed by atoms with Gasteiger partial charge in [-0.25, -0.2) is 0 Å². The van der Waals surface area contributed by atoms with Crippen LogP contribution in [0.4, 0.5) is 11.4 Å². The lowest BCUT2D eigenvalue weighted by atomic mass is 10.0. The second-order valence-electron chi connectivity index (χ2n) is 4.54. The fraction of sp³-hybridized carbons (Fsp3) is 0.200. The molecule has 0 aliphatic carbocycles. The molecule has 3 heteroatoms. The van der Waals surface area contributed by atoms with E-state index in [2.05, 4.69) is 34.9 Å². The van der Waals surface area contributed by atoms with E-state index < -0.39 is 0 Å². The third-order valence-corrected chi connectivity index (χ3v) is 3.66. The quantitative estimate of drug-likeness (QED) is 0.848. The predicted molar refractivity (Wildman–Crippen MR) is 77.5 cm³/mol. The van der Waals surface area contributed by atoms with E-state index in [0.29, 0.717) is 6.04 Å². The largest absolute Gasteiger partial charge is 0.388 e. The Bertz CT molecular complexity index is 555. The van der Waals surface area contributed by atoms with E-state index in [9.17, 15) is 0 Å². The molecule has 0 amide bonds. The maximum Gasteiger partial charge on any atom is 0.0575 e. The van der Waals surface area contributed by atoms with Gasteiger partial charge < -0.3 is 10.6 Å². The van der Waals surface area contributed by atoms with Gasteiger partial charge in [-0.15, -0.1) is 0 Å². The Labute approximate surface area is 112 Å². The molecule has 2 aromatic carbocycles. The maximum atomic E-state index is 6.11. The molecule has 1 aliphatic heterocycles. The van der Waals surface area contributed by atoms with Crippen molar-refractivity contribution in [1.29, 1.82) is 0 Å². The van der Waals surface area contributed by atoms with Crippen LogP contribution in [0.2, 0.25) is 5.02 Å². The molecule has 0 bridgehead atoms. The zero-order valence-electron chi connectivity index (χ0n) is 10.2. The van der Waals surface area contributed by atoms with Gasteiger partial charge in [0, 0.05) is 23.4 Å². The number of hydrogen-bond donors (Lipinski definition) is 2. The first-order valence-electron chi connectivity index (χ1n) is 6.09. The summed E-state index contributed by atoms with van der Waals surface area (Å²) >= 11 is 6.11. The molecule has 0 spiro atoms. The number of anilines is 2. The van der Waals surface area contributed by atoms with Crippen molar-refractivity contribution in [3.63, 3.8) is 0 Å². The van der Waals surface area contributed by atoms with Crippen LogP contribution >= 0.6 is 11.6 Å². The summed E-state index contributed by atoms with van der Waals surface area (Å²) in [7, 11) is 1.94. The highest BCUT2D eigenvalue weighted by Gasteiger charge is 2.23. The Hall–Kier alpha value is -1.67. The Morgan fingerprint density at radius 1 is 1.22 bits per heavy atom. The van der Waals surface area contributed by atoms with E-state index in [1.54, 1.807) is 0 Å². The summed E-state index contributed by atoms with van der Waals surface area (Å²) in [6, 6.07) is 14.7. The van der Waals surface area contributed by atoms with Crippen molar-refractivity contribution in [2.75, 3.05) is 17.7 Å². The van der Waals surface area contributed by atoms with Crippen LogP contribution in [0.15, 0.2) is 42.5 Å². The number of nitrogens with one attached hydrogen (secondary N) is 2. The zero-order chi connectivity index (χ0) is 12.5. The topological polar surface area (TPSA) is 24.1 Å². The summed E-state index contributed by atoms with van der Waals surface area (Å²) in [4.78, 5) is 0. The molecule has 0 fully saturated rings. The average molecular weight is 259 g/mol. The summed E-state index contributed by atoms with van der Waals surface area (Å²) in [6.07, 6.45) is 1.01. The average Bonchev–Trinajstić information content (AvgIpc) is 2.82. The molecular formula is C15H15ClN2. The van der Waals surface area contributed by atoms with Crippen molar-refractivity contribution >= 4 is 23.0 Å². The van der Waals surface area contributed by atoms with Gasteiger partial charge in [-0.05, 0) is 41.8 Å². The second-order valence-corrected chi connectivity index (χ2v) is 4.98. The molecule has 3 rings (SSSR count). The van der Waals surface area contributed by atoms with Crippen molar-refractivity contribution in [2.24, 2.45) is 0 Å². The van der Waals surface area contributed by atoms with E-state index >= 15 is 0 Å². The van der Waals surface area contributed by atoms with Crippen LogP contribution in [-0.4, -0.2) is 7.05 Å². The van der Waals surface area contributed by atoms with Gasteiger partial charge in [-0.3, -0.25) is 0 Å². The molecule has 1 heterocycles. The van der Waals surface area contributed by atoms with Crippen LogP contribution in [0.1, 0.15) is 17.2 Å². The summed E-state index contributed by atoms with van der Waals surface area (Å²) in [6.45, 7) is 0. The molecule has 92 valence electrons. The second kappa shape index (κ2) is 4.54. The Kier molecular flexibility index (Phi) is 2.88. The van der Waals surface area contributed by atoms with E-state index in [0.717, 1.165) is 17.1 Å². The summed E-state index contributed by atoms with van der Waals surface area (Å²) in [5.41, 5.74) is 4.94. The number of benzene rings is 2. The predicted octanol–water partition coefficient (Wildman–Crippen LogP) is 4.09. The van der Waals surface area contributed by atoms with Gasteiger partial charge in [0.25, 0.3) is 0 Å². The summed E-state index contributed by atoms with van der Waals surface area (Å²) in [5.74, 6) is 0. The zero-order valence-corrected chi connectivity index (χ0v) is 11.0. The molecule has 18 heavy (non-hydrogen) atoms. The minimum Gasteiger partial charge on any atom is -0.388 e. The maximum absolute atomic E-state index is 6.11. The third-order valence-electron chi connectivity index (χ3n) is 3.43. The van der Waals surface area contributed by atoms with E-state index in [1.165, 1.54) is 16.8 Å². The fourth-order valence-corrected chi connectivity index (χ4v) is 2.72. The molecule has 0 aromatic heterocycles. The van der Waals surface area contributed by atoms with E-state index in [-0.39, 0.29) is 0 Å². The highest BCUT2D eigenvalue weighted by molar-refractivity contribution is 6.30. The van der Waals surface area contributed by atoms with Gasteiger partial charge in [-0.1, -0.05) is 29.8 Å². The molecule has 1 atom stereocenters. The minimum atomic E-state index is 0.295. The molecule has 0 saturated carbocycles. The van der Waals surface area contributed by atoms with E-state index in [1.807, 2.05) is 25.2 Å². The lowest BCUT2D eigenvalue weighted by Crippen LogP contribution is -2.08. The summed E-state index contributed by atoms with van der Waals surface area (Å²) in [5, 5.41) is 7.56. The van der Waals surface area contributed by atoms with Crippen molar-refractivity contribution in [1.82, 2.24) is 0 Å². The van der Waals surface area contributed by atoms with E-state index in [4.69, 9.17) is 11.6 Å². The number of halogens is 1. The third kappa shape index (κ3) is 1.93. The SMILES string of the molecule is CNc1ccc(Cl)cc1C1Cc2ccccc2N1. The van der Waals surface area contributed by atoms with Gasteiger partial charge in [0.2, 0.25) is 0 Å². The number of rotatable bonds is 2. The Balaban J connectivity index is 1.97. The molecule has 1 unspecified atom stereocenters. The lowest BCUT2D eigenvalue weighted by molar-refractivity contribution is 0.826. The van der Waals surface area contributed by atoms with Gasteiger partial charge in [0.1, 0.15) is 0 Å². The van der Waals surface area contributed by atoms with Crippen molar-refractivity contribution < 1.29 is 0 Å². The normalized spacial score (nSPS) is 17.1. The van der Waals surface area contributed by atoms with Crippen LogP contribution in [0.3, 0.4) is 0 Å². The lowest BCUT2D eigenvalue weighted by Gasteiger charge is -2.16. The molecule has 2 nitrogen and oxygen atoms in total. The first-order chi connectivity index (χ1) is 8.78. The smallest absolute Gasteiger partial charge is 0.0575 e. The highest BCUT2D eigenvalue weighted by Crippen LogP contribution is 2.37. The van der Waals surface area contributed by atoms with Crippen molar-refractivity contribution in [3.8, 4) is 0 Å². The molecular weight excluding hydrogens is 244 g/mol. The molecule has 2 N–H and O–H groups in total. The van der Waals surface area contributed by atoms with Crippen LogP contribution < -0.4 is 10.6 Å². The first kappa shape index (κ1) is 11.4. The standard InChI is InChI=1S/C15H15ClN2/c1-17-14-7-6-11(16)9-12(14)15-8-10-4-2-3-5-13(10)18-15/h2-7,9,15,17-18H,8H2,1H3. The number of fused-ring (bicyclic) bond motifs is 1. The van der Waals surface area contributed by atoms with Gasteiger partial charge in [0.05, 0.1) is 6.04 Å². The fourth-order valence-electron chi connectivity index (χ4n) is 2.54. The molecule has 0 saturated heterocycles. The van der Waals surface area contributed by atoms with Gasteiger partial charge in [0.15, 0.2) is 0 Å². The Morgan fingerprint density at radius 3 is 2.83 bits per heavy atom. The number of hydrogen-bond acceptors (Lipinski definition) is 2. The van der Waals surface area contributed by atoms with Crippen LogP contribution in [0.25, 0.3) is 0 Å². The van der Waals surface area contributed by atoms with Gasteiger partial charge >= 0.3 is 0 Å². The van der Waals surface area contributed by atoms with Crippen LogP contribution in [0.5, 0.6) is 0 Å². The number of para-hydroxylation sites is 1. The van der Waals surface area contributed by atoms with Gasteiger partial charge in [-0.2, -0.15) is 0 Å². The minimum absolute atomic E-state index is 0.295.